The number of hydrogen-bond donors (Lipinski definition) is 3. The number of nitrogens with one attached hydrogen (secondary N) is 3. The zero-order valence-electron chi connectivity index (χ0n) is 14.1. The third-order valence-electron chi connectivity index (χ3n) is 3.58. The first-order chi connectivity index (χ1) is 11.8. The van der Waals surface area contributed by atoms with Gasteiger partial charge in [-0.2, -0.15) is 0 Å². The van der Waals surface area contributed by atoms with Gasteiger partial charge in [-0.05, 0) is 49.2 Å². The Kier molecular flexibility index (Phi) is 6.28. The largest absolute Gasteiger partial charge is 0.331 e. The number of benzene rings is 2. The van der Waals surface area contributed by atoms with Gasteiger partial charge in [-0.3, -0.25) is 4.79 Å². The van der Waals surface area contributed by atoms with Gasteiger partial charge >= 0.3 is 6.03 Å². The van der Waals surface area contributed by atoms with E-state index in [-0.39, 0.29) is 18.0 Å². The molecule has 1 atom stereocenters. The van der Waals surface area contributed by atoms with Crippen LogP contribution < -0.4 is 16.0 Å². The second-order valence-corrected chi connectivity index (χ2v) is 6.54. The van der Waals surface area contributed by atoms with E-state index in [1.54, 1.807) is 30.3 Å². The number of halogens is 2. The smallest absolute Gasteiger partial charge is 0.319 e. The molecule has 0 heterocycles. The van der Waals surface area contributed by atoms with Gasteiger partial charge < -0.3 is 16.0 Å². The topological polar surface area (TPSA) is 70.2 Å². The van der Waals surface area contributed by atoms with E-state index in [0.717, 1.165) is 11.1 Å². The van der Waals surface area contributed by atoms with Gasteiger partial charge in [0, 0.05) is 28.3 Å². The van der Waals surface area contributed by atoms with Crippen molar-refractivity contribution in [2.75, 3.05) is 10.6 Å². The lowest BCUT2D eigenvalue weighted by Crippen LogP contribution is -2.31. The van der Waals surface area contributed by atoms with Crippen molar-refractivity contribution in [2.45, 2.75) is 26.8 Å². The zero-order valence-corrected chi connectivity index (χ0v) is 15.6. The summed E-state index contributed by atoms with van der Waals surface area (Å²) in [6.07, 6.45) is 0. The van der Waals surface area contributed by atoms with Gasteiger partial charge in [0.05, 0.1) is 6.04 Å². The minimum absolute atomic E-state index is 0.176. The molecule has 25 heavy (non-hydrogen) atoms. The van der Waals surface area contributed by atoms with Crippen molar-refractivity contribution in [2.24, 2.45) is 0 Å². The summed E-state index contributed by atoms with van der Waals surface area (Å²) >= 11 is 12.1. The number of hydrogen-bond acceptors (Lipinski definition) is 2. The molecule has 1 unspecified atom stereocenters. The Hall–Kier alpha value is -2.24. The van der Waals surface area contributed by atoms with Crippen LogP contribution in [0.2, 0.25) is 10.0 Å². The van der Waals surface area contributed by atoms with Gasteiger partial charge in [0.15, 0.2) is 0 Å². The Bertz CT molecular complexity index is 809. The molecule has 5 nitrogen and oxygen atoms in total. The van der Waals surface area contributed by atoms with E-state index in [9.17, 15) is 9.59 Å². The predicted molar refractivity (Wildman–Crippen MR) is 103 cm³/mol. The fourth-order valence-corrected chi connectivity index (χ4v) is 2.90. The highest BCUT2D eigenvalue weighted by molar-refractivity contribution is 6.35. The Labute approximate surface area is 156 Å². The van der Waals surface area contributed by atoms with Crippen molar-refractivity contribution < 1.29 is 9.59 Å². The molecule has 0 spiro atoms. The molecule has 0 saturated heterocycles. The Morgan fingerprint density at radius 2 is 1.76 bits per heavy atom. The lowest BCUT2D eigenvalue weighted by molar-refractivity contribution is -0.114. The van der Waals surface area contributed by atoms with Crippen LogP contribution in [0, 0.1) is 6.92 Å². The lowest BCUT2D eigenvalue weighted by atomic mass is 10.1. The van der Waals surface area contributed by atoms with Gasteiger partial charge in [-0.25, -0.2) is 4.79 Å². The fraction of sp³-hybridized carbons (Fsp3) is 0.222. The highest BCUT2D eigenvalue weighted by Gasteiger charge is 2.14. The molecule has 2 aromatic rings. The maximum atomic E-state index is 12.3. The number of aryl methyl sites for hydroxylation is 1. The average molecular weight is 380 g/mol. The van der Waals surface area contributed by atoms with Gasteiger partial charge in [0.1, 0.15) is 0 Å². The molecular formula is C18H19Cl2N3O2. The van der Waals surface area contributed by atoms with Crippen LogP contribution in [-0.2, 0) is 4.79 Å². The van der Waals surface area contributed by atoms with Crippen LogP contribution in [0.1, 0.15) is 31.0 Å². The maximum absolute atomic E-state index is 12.3. The summed E-state index contributed by atoms with van der Waals surface area (Å²) in [6.45, 7) is 5.12. The molecule has 7 heteroatoms. The van der Waals surface area contributed by atoms with E-state index in [4.69, 9.17) is 23.2 Å². The zero-order chi connectivity index (χ0) is 18.6. The third-order valence-corrected chi connectivity index (χ3v) is 4.15. The fourth-order valence-electron chi connectivity index (χ4n) is 2.32. The third kappa shape index (κ3) is 5.37. The molecule has 2 rings (SSSR count). The van der Waals surface area contributed by atoms with Gasteiger partial charge in [-0.15, -0.1) is 0 Å². The molecular weight excluding hydrogens is 361 g/mol. The number of carbonyl (C=O) groups excluding carboxylic acids is 2. The summed E-state index contributed by atoms with van der Waals surface area (Å²) < 4.78 is 0. The quantitative estimate of drug-likeness (QED) is 0.687. The monoisotopic (exact) mass is 379 g/mol. The van der Waals surface area contributed by atoms with E-state index in [0.29, 0.717) is 21.4 Å². The second-order valence-electron chi connectivity index (χ2n) is 5.70. The standard InChI is InChI=1S/C18H19Cl2N3O2/c1-10-4-6-14(22-12(3)24)9-17(10)23-18(25)21-11(2)15-7-5-13(19)8-16(15)20/h4-9,11H,1-3H3,(H,22,24)(H2,21,23,25). The minimum atomic E-state index is -0.374. The van der Waals surface area contributed by atoms with E-state index in [1.807, 2.05) is 19.9 Å². The normalized spacial score (nSPS) is 11.6. The van der Waals surface area contributed by atoms with Crippen LogP contribution in [0.3, 0.4) is 0 Å². The Morgan fingerprint density at radius 3 is 2.40 bits per heavy atom. The molecule has 0 saturated carbocycles. The highest BCUT2D eigenvalue weighted by atomic mass is 35.5. The van der Waals surface area contributed by atoms with Crippen molar-refractivity contribution in [3.05, 3.63) is 57.6 Å². The summed E-state index contributed by atoms with van der Waals surface area (Å²) in [7, 11) is 0. The van der Waals surface area contributed by atoms with Crippen molar-refractivity contribution in [3.63, 3.8) is 0 Å². The number of rotatable bonds is 4. The predicted octanol–water partition coefficient (Wildman–Crippen LogP) is 5.14. The number of amides is 3. The molecule has 0 fully saturated rings. The van der Waals surface area contributed by atoms with Crippen molar-refractivity contribution in [3.8, 4) is 0 Å². The van der Waals surface area contributed by atoms with Crippen molar-refractivity contribution >= 4 is 46.5 Å². The van der Waals surface area contributed by atoms with Crippen molar-refractivity contribution in [1.29, 1.82) is 0 Å². The molecule has 0 aliphatic carbocycles. The first-order valence-electron chi connectivity index (χ1n) is 7.67. The van der Waals surface area contributed by atoms with Gasteiger partial charge in [0.2, 0.25) is 5.91 Å². The summed E-state index contributed by atoms with van der Waals surface area (Å²) in [5, 5.41) is 9.32. The molecule has 132 valence electrons. The summed E-state index contributed by atoms with van der Waals surface area (Å²) in [4.78, 5) is 23.4. The number of carbonyl (C=O) groups is 2. The molecule has 0 aliphatic heterocycles. The molecule has 3 amide bonds. The first kappa shape index (κ1) is 19.1. The van der Waals surface area contributed by atoms with E-state index >= 15 is 0 Å². The Balaban J connectivity index is 2.08. The summed E-state index contributed by atoms with van der Waals surface area (Å²) in [5.74, 6) is -0.176. The van der Waals surface area contributed by atoms with E-state index in [2.05, 4.69) is 16.0 Å². The molecule has 0 aliphatic rings. The maximum Gasteiger partial charge on any atom is 0.319 e. The molecule has 0 aromatic heterocycles. The van der Waals surface area contributed by atoms with Gasteiger partial charge in [-0.1, -0.05) is 35.3 Å². The summed E-state index contributed by atoms with van der Waals surface area (Å²) in [5.41, 5.74) is 2.87. The molecule has 0 bridgehead atoms. The molecule has 2 aromatic carbocycles. The van der Waals surface area contributed by atoms with Crippen LogP contribution in [-0.4, -0.2) is 11.9 Å². The molecule has 0 radical (unpaired) electrons. The minimum Gasteiger partial charge on any atom is -0.331 e. The van der Waals surface area contributed by atoms with Gasteiger partial charge in [0.25, 0.3) is 0 Å². The SMILES string of the molecule is CC(=O)Nc1ccc(C)c(NC(=O)NC(C)c2ccc(Cl)cc2Cl)c1. The van der Waals surface area contributed by atoms with Crippen molar-refractivity contribution in [1.82, 2.24) is 5.32 Å². The van der Waals surface area contributed by atoms with Crippen LogP contribution in [0.15, 0.2) is 36.4 Å². The number of anilines is 2. The average Bonchev–Trinajstić information content (AvgIpc) is 2.49. The van der Waals surface area contributed by atoms with Crippen LogP contribution >= 0.6 is 23.2 Å². The first-order valence-corrected chi connectivity index (χ1v) is 8.42. The molecule has 3 N–H and O–H groups in total. The van der Waals surface area contributed by atoms with Crippen LogP contribution in [0.25, 0.3) is 0 Å². The van der Waals surface area contributed by atoms with Crippen LogP contribution in [0.4, 0.5) is 16.2 Å². The van der Waals surface area contributed by atoms with Crippen LogP contribution in [0.5, 0.6) is 0 Å². The number of urea groups is 1. The second kappa shape index (κ2) is 8.23. The van der Waals surface area contributed by atoms with E-state index < -0.39 is 0 Å². The summed E-state index contributed by atoms with van der Waals surface area (Å²) in [6, 6.07) is 9.76. The lowest BCUT2D eigenvalue weighted by Gasteiger charge is -2.17. The highest BCUT2D eigenvalue weighted by Crippen LogP contribution is 2.26. The Morgan fingerprint density at radius 1 is 1.04 bits per heavy atom. The van der Waals surface area contributed by atoms with E-state index in [1.165, 1.54) is 6.92 Å².